The second-order valence-electron chi connectivity index (χ2n) is 8.15. The number of hydrogen-bond acceptors (Lipinski definition) is 2. The summed E-state index contributed by atoms with van der Waals surface area (Å²) in [5, 5.41) is 0. The molecule has 0 aliphatic rings. The minimum atomic E-state index is -1.99. The molecule has 0 heterocycles. The Labute approximate surface area is 146 Å². The maximum Gasteiger partial charge on any atom is 0.201 e. The highest BCUT2D eigenvalue weighted by Gasteiger charge is 2.47. The average molecular weight is 341 g/mol. The van der Waals surface area contributed by atoms with Crippen molar-refractivity contribution in [2.24, 2.45) is 11.8 Å². The maximum absolute atomic E-state index is 11.5. The number of aldehydes is 1. The van der Waals surface area contributed by atoms with Crippen molar-refractivity contribution in [1.82, 2.24) is 0 Å². The van der Waals surface area contributed by atoms with Crippen molar-refractivity contribution in [2.45, 2.75) is 98.4 Å². The molecule has 0 saturated heterocycles. The van der Waals surface area contributed by atoms with Crippen LogP contribution in [-0.4, -0.2) is 20.7 Å². The molecule has 0 unspecified atom stereocenters. The van der Waals surface area contributed by atoms with Crippen LogP contribution in [0.2, 0.25) is 16.6 Å². The zero-order chi connectivity index (χ0) is 18.4. The largest absolute Gasteiger partial charge is 0.409 e. The first-order chi connectivity index (χ1) is 10.5. The number of carbonyl (C=O) groups is 1. The Morgan fingerprint density at radius 2 is 1.39 bits per heavy atom. The average Bonchev–Trinajstić information content (AvgIpc) is 2.45. The van der Waals surface area contributed by atoms with E-state index in [4.69, 9.17) is 4.43 Å². The lowest BCUT2D eigenvalue weighted by molar-refractivity contribution is -0.112. The molecular weight excluding hydrogens is 300 g/mol. The number of hydrogen-bond donors (Lipinski definition) is 0. The van der Waals surface area contributed by atoms with Gasteiger partial charge in [0.15, 0.2) is 0 Å². The van der Waals surface area contributed by atoms with Gasteiger partial charge in [-0.3, -0.25) is 0 Å². The third-order valence-corrected chi connectivity index (χ3v) is 11.4. The highest BCUT2D eigenvalue weighted by molar-refractivity contribution is 6.77. The molecule has 3 heteroatoms. The zero-order valence-corrected chi connectivity index (χ0v) is 18.1. The van der Waals surface area contributed by atoms with Crippen LogP contribution in [0.1, 0.15) is 75.7 Å². The quantitative estimate of drug-likeness (QED) is 0.262. The predicted octanol–water partition coefficient (Wildman–Crippen LogP) is 6.37. The minimum Gasteiger partial charge on any atom is -0.409 e. The topological polar surface area (TPSA) is 26.3 Å². The molecule has 0 aromatic heterocycles. The normalized spacial score (nSPS) is 17.7. The number of rotatable bonds is 10. The van der Waals surface area contributed by atoms with E-state index in [9.17, 15) is 4.79 Å². The van der Waals surface area contributed by atoms with Crippen LogP contribution in [0.3, 0.4) is 0 Å². The Morgan fingerprint density at radius 1 is 0.957 bits per heavy atom. The molecule has 0 aliphatic carbocycles. The van der Waals surface area contributed by atoms with Gasteiger partial charge < -0.3 is 9.22 Å². The second kappa shape index (κ2) is 9.78. The molecule has 0 N–H and O–H groups in total. The van der Waals surface area contributed by atoms with Crippen molar-refractivity contribution in [2.75, 3.05) is 0 Å². The van der Waals surface area contributed by atoms with Gasteiger partial charge in [-0.2, -0.15) is 0 Å². The second-order valence-corrected chi connectivity index (χ2v) is 13.6. The van der Waals surface area contributed by atoms with Crippen molar-refractivity contribution >= 4 is 14.6 Å². The monoisotopic (exact) mass is 340 g/mol. The van der Waals surface area contributed by atoms with E-state index in [0.29, 0.717) is 22.5 Å². The molecule has 0 saturated carbocycles. The van der Waals surface area contributed by atoms with Crippen LogP contribution in [0.25, 0.3) is 0 Å². The van der Waals surface area contributed by atoms with E-state index >= 15 is 0 Å². The third kappa shape index (κ3) is 5.56. The van der Waals surface area contributed by atoms with E-state index in [1.165, 1.54) is 5.57 Å². The van der Waals surface area contributed by atoms with E-state index in [-0.39, 0.29) is 12.0 Å². The van der Waals surface area contributed by atoms with Crippen LogP contribution in [0.5, 0.6) is 0 Å². The van der Waals surface area contributed by atoms with Crippen LogP contribution in [0.4, 0.5) is 0 Å². The van der Waals surface area contributed by atoms with Crippen LogP contribution in [0.15, 0.2) is 11.6 Å². The van der Waals surface area contributed by atoms with Crippen molar-refractivity contribution in [1.29, 1.82) is 0 Å². The van der Waals surface area contributed by atoms with Gasteiger partial charge in [0.1, 0.15) is 6.29 Å². The molecule has 0 aromatic carbocycles. The first-order valence-corrected chi connectivity index (χ1v) is 11.5. The predicted molar refractivity (Wildman–Crippen MR) is 104 cm³/mol. The van der Waals surface area contributed by atoms with E-state index in [1.54, 1.807) is 0 Å². The van der Waals surface area contributed by atoms with Gasteiger partial charge in [0, 0.05) is 5.92 Å². The molecule has 0 aromatic rings. The van der Waals surface area contributed by atoms with Crippen molar-refractivity contribution in [3.8, 4) is 0 Å². The lowest BCUT2D eigenvalue weighted by atomic mass is 9.96. The Hall–Kier alpha value is -0.413. The third-order valence-electron chi connectivity index (χ3n) is 5.37. The van der Waals surface area contributed by atoms with Crippen molar-refractivity contribution < 1.29 is 9.22 Å². The smallest absolute Gasteiger partial charge is 0.201 e. The fraction of sp³-hybridized carbons (Fsp3) is 0.850. The summed E-state index contributed by atoms with van der Waals surface area (Å²) in [4.78, 5) is 11.5. The summed E-state index contributed by atoms with van der Waals surface area (Å²) in [7, 11) is -1.99. The molecule has 0 radical (unpaired) electrons. The van der Waals surface area contributed by atoms with E-state index in [0.717, 1.165) is 12.7 Å². The van der Waals surface area contributed by atoms with Gasteiger partial charge in [-0.15, -0.1) is 0 Å². The molecule has 0 amide bonds. The summed E-state index contributed by atoms with van der Waals surface area (Å²) in [6, 6.07) is 0. The first kappa shape index (κ1) is 22.6. The summed E-state index contributed by atoms with van der Waals surface area (Å²) < 4.78 is 6.92. The lowest BCUT2D eigenvalue weighted by Gasteiger charge is -2.45. The molecule has 136 valence electrons. The van der Waals surface area contributed by atoms with Crippen molar-refractivity contribution in [3.63, 3.8) is 0 Å². The summed E-state index contributed by atoms with van der Waals surface area (Å²) >= 11 is 0. The van der Waals surface area contributed by atoms with Gasteiger partial charge >= 0.3 is 0 Å². The van der Waals surface area contributed by atoms with Gasteiger partial charge in [-0.1, -0.05) is 74.8 Å². The molecule has 2 nitrogen and oxygen atoms in total. The maximum atomic E-state index is 11.5. The van der Waals surface area contributed by atoms with Gasteiger partial charge in [-0.25, -0.2) is 0 Å². The van der Waals surface area contributed by atoms with Gasteiger partial charge in [0.25, 0.3) is 0 Å². The van der Waals surface area contributed by atoms with E-state index in [2.05, 4.69) is 68.4 Å². The first-order valence-electron chi connectivity index (χ1n) is 9.35. The molecule has 3 atom stereocenters. The molecule has 0 spiro atoms. The Bertz CT molecular complexity index is 363. The van der Waals surface area contributed by atoms with Crippen molar-refractivity contribution in [3.05, 3.63) is 11.6 Å². The van der Waals surface area contributed by atoms with E-state index in [1.807, 2.05) is 6.92 Å². The Balaban J connectivity index is 5.82. The van der Waals surface area contributed by atoms with Crippen LogP contribution >= 0.6 is 0 Å². The Kier molecular flexibility index (Phi) is 9.60. The Morgan fingerprint density at radius 3 is 1.70 bits per heavy atom. The highest BCUT2D eigenvalue weighted by atomic mass is 28.4. The van der Waals surface area contributed by atoms with Gasteiger partial charge in [0.2, 0.25) is 8.32 Å². The molecule has 23 heavy (non-hydrogen) atoms. The molecule has 0 rings (SSSR count). The van der Waals surface area contributed by atoms with E-state index < -0.39 is 8.32 Å². The van der Waals surface area contributed by atoms with Crippen LogP contribution in [-0.2, 0) is 9.22 Å². The SMILES string of the molecule is CC[C@H](C)/C=C(\C)[C@H](O[Si](C(C)C)(C(C)C)C(C)C)[C@@H](C)C=O. The number of allylic oxidation sites excluding steroid dienone is 1. The molecule has 0 bridgehead atoms. The summed E-state index contributed by atoms with van der Waals surface area (Å²) in [6.07, 6.45) is 4.38. The van der Waals surface area contributed by atoms with Crippen LogP contribution < -0.4 is 0 Å². The lowest BCUT2D eigenvalue weighted by Crippen LogP contribution is -2.51. The molecular formula is C20H40O2Si. The fourth-order valence-corrected chi connectivity index (χ4v) is 9.63. The standard InChI is InChI=1S/C20H40O2Si/c1-11-17(8)12-18(9)20(19(10)13-21)22-23(14(2)3,15(4)5)16(6)7/h12-17,19-20H,11H2,1-10H3/b18-12+/t17-,19-,20-/m0/s1. The minimum absolute atomic E-state index is 0.0830. The summed E-state index contributed by atoms with van der Waals surface area (Å²) in [6.45, 7) is 22.3. The van der Waals surface area contributed by atoms with Gasteiger partial charge in [-0.05, 0) is 35.0 Å². The zero-order valence-electron chi connectivity index (χ0n) is 17.1. The van der Waals surface area contributed by atoms with Crippen LogP contribution in [0, 0.1) is 11.8 Å². The highest BCUT2D eigenvalue weighted by Crippen LogP contribution is 2.44. The van der Waals surface area contributed by atoms with Gasteiger partial charge in [0.05, 0.1) is 6.10 Å². The molecule has 0 aliphatic heterocycles. The molecule has 0 fully saturated rings. The summed E-state index contributed by atoms with van der Waals surface area (Å²) in [5.41, 5.74) is 2.80. The summed E-state index contributed by atoms with van der Waals surface area (Å²) in [5.74, 6) is 0.423. The fourth-order valence-electron chi connectivity index (χ4n) is 3.98. The number of carbonyl (C=O) groups excluding carboxylic acids is 1.